The third kappa shape index (κ3) is 2.50. The molecule has 2 aliphatic heterocycles. The molecule has 2 aliphatic rings. The van der Waals surface area contributed by atoms with E-state index in [0.29, 0.717) is 17.9 Å². The molecule has 6 heteroatoms. The van der Waals surface area contributed by atoms with Gasteiger partial charge in [0, 0.05) is 38.9 Å². The van der Waals surface area contributed by atoms with Crippen molar-refractivity contribution in [3.8, 4) is 5.88 Å². The van der Waals surface area contributed by atoms with Crippen LogP contribution in [0.3, 0.4) is 0 Å². The summed E-state index contributed by atoms with van der Waals surface area (Å²) in [7, 11) is 3.65. The Kier molecular flexibility index (Phi) is 3.52. The number of fused-ring (bicyclic) bond motifs is 2. The lowest BCUT2D eigenvalue weighted by Crippen LogP contribution is -2.58. The molecule has 1 aromatic heterocycles. The van der Waals surface area contributed by atoms with Crippen molar-refractivity contribution in [2.45, 2.75) is 18.6 Å². The van der Waals surface area contributed by atoms with Crippen molar-refractivity contribution < 1.29 is 9.47 Å². The highest BCUT2D eigenvalue weighted by molar-refractivity contribution is 5.33. The van der Waals surface area contributed by atoms with Crippen molar-refractivity contribution in [2.24, 2.45) is 0 Å². The van der Waals surface area contributed by atoms with E-state index in [1.165, 1.54) is 0 Å². The van der Waals surface area contributed by atoms with E-state index in [4.69, 9.17) is 9.47 Å². The first-order chi connectivity index (χ1) is 9.28. The third-order valence-corrected chi connectivity index (χ3v) is 3.99. The van der Waals surface area contributed by atoms with Gasteiger partial charge in [-0.15, -0.1) is 0 Å². The second-order valence-corrected chi connectivity index (χ2v) is 5.08. The molecule has 0 spiro atoms. The average molecular weight is 264 g/mol. The van der Waals surface area contributed by atoms with Gasteiger partial charge in [-0.3, -0.25) is 4.90 Å². The van der Waals surface area contributed by atoms with E-state index in [0.717, 1.165) is 32.7 Å². The molecule has 3 heterocycles. The number of rotatable bonds is 3. The van der Waals surface area contributed by atoms with Gasteiger partial charge in [-0.1, -0.05) is 0 Å². The fourth-order valence-electron chi connectivity index (χ4n) is 2.88. The molecule has 2 saturated heterocycles. The number of morpholine rings is 1. The van der Waals surface area contributed by atoms with Crippen LogP contribution in [0.25, 0.3) is 0 Å². The molecule has 3 rings (SSSR count). The maximum absolute atomic E-state index is 5.89. The number of methoxy groups -OCH3 is 1. The molecule has 2 bridgehead atoms. The van der Waals surface area contributed by atoms with Crippen LogP contribution in [0, 0.1) is 0 Å². The minimum Gasteiger partial charge on any atom is -0.481 e. The summed E-state index contributed by atoms with van der Waals surface area (Å²) in [5.74, 6) is 1.30. The molecule has 0 radical (unpaired) electrons. The smallest absolute Gasteiger partial charge is 0.228 e. The molecule has 1 aromatic rings. The topological polar surface area (TPSA) is 50.7 Å². The number of ether oxygens (including phenoxy) is 2. The molecule has 104 valence electrons. The molecule has 0 saturated carbocycles. The number of hydrogen-bond acceptors (Lipinski definition) is 6. The minimum absolute atomic E-state index is 0.252. The van der Waals surface area contributed by atoms with Gasteiger partial charge in [0.25, 0.3) is 0 Å². The lowest BCUT2D eigenvalue weighted by Gasteiger charge is -2.45. The molecular formula is C13H20N4O2. The Morgan fingerprint density at radius 2 is 2.37 bits per heavy atom. The predicted octanol–water partition coefficient (Wildman–Crippen LogP) is 0.394. The Hall–Kier alpha value is -1.40. The Morgan fingerprint density at radius 1 is 1.47 bits per heavy atom. The van der Waals surface area contributed by atoms with E-state index in [9.17, 15) is 0 Å². The predicted molar refractivity (Wildman–Crippen MR) is 71.6 cm³/mol. The van der Waals surface area contributed by atoms with E-state index in [-0.39, 0.29) is 6.10 Å². The van der Waals surface area contributed by atoms with E-state index >= 15 is 0 Å². The van der Waals surface area contributed by atoms with Crippen LogP contribution in [0.1, 0.15) is 6.42 Å². The van der Waals surface area contributed by atoms with Crippen LogP contribution in [-0.4, -0.2) is 67.4 Å². The van der Waals surface area contributed by atoms with Crippen LogP contribution in [-0.2, 0) is 4.74 Å². The summed E-state index contributed by atoms with van der Waals surface area (Å²) < 4.78 is 11.0. The zero-order valence-electron chi connectivity index (χ0n) is 11.5. The first-order valence-corrected chi connectivity index (χ1v) is 6.72. The van der Waals surface area contributed by atoms with Gasteiger partial charge in [-0.2, -0.15) is 4.98 Å². The van der Waals surface area contributed by atoms with Crippen LogP contribution in [0.2, 0.25) is 0 Å². The number of hydrogen-bond donors (Lipinski definition) is 0. The van der Waals surface area contributed by atoms with Gasteiger partial charge in [0.05, 0.1) is 25.9 Å². The monoisotopic (exact) mass is 264 g/mol. The fraction of sp³-hybridized carbons (Fsp3) is 0.692. The molecule has 0 N–H and O–H groups in total. The van der Waals surface area contributed by atoms with Gasteiger partial charge in [0.1, 0.15) is 0 Å². The fourth-order valence-corrected chi connectivity index (χ4v) is 2.88. The van der Waals surface area contributed by atoms with Crippen molar-refractivity contribution in [2.75, 3.05) is 45.3 Å². The first kappa shape index (κ1) is 12.6. The van der Waals surface area contributed by atoms with E-state index < -0.39 is 0 Å². The number of nitrogens with zero attached hydrogens (tertiary/aromatic N) is 4. The second-order valence-electron chi connectivity index (χ2n) is 5.08. The van der Waals surface area contributed by atoms with E-state index in [1.54, 1.807) is 19.4 Å². The highest BCUT2D eigenvalue weighted by atomic mass is 16.5. The summed E-state index contributed by atoms with van der Waals surface area (Å²) in [6.07, 6.45) is 3.07. The molecule has 2 fully saturated rings. The van der Waals surface area contributed by atoms with Crippen LogP contribution < -0.4 is 9.64 Å². The lowest BCUT2D eigenvalue weighted by molar-refractivity contribution is -0.0655. The highest BCUT2D eigenvalue weighted by Crippen LogP contribution is 2.24. The molecule has 0 amide bonds. The van der Waals surface area contributed by atoms with Crippen LogP contribution >= 0.6 is 0 Å². The van der Waals surface area contributed by atoms with Gasteiger partial charge in [0.2, 0.25) is 11.8 Å². The number of aromatic nitrogens is 2. The Morgan fingerprint density at radius 3 is 3.21 bits per heavy atom. The summed E-state index contributed by atoms with van der Waals surface area (Å²) in [4.78, 5) is 13.3. The number of piperidine rings is 1. The standard InChI is InChI=1S/C13H20N4O2/c1-16(13-14-5-3-12(15-13)18-2)10-4-6-17-7-8-19-11(10)9-17/h3,5,10-11H,4,6-9H2,1-2H3. The molecule has 19 heavy (non-hydrogen) atoms. The van der Waals surface area contributed by atoms with Crippen LogP contribution in [0.5, 0.6) is 5.88 Å². The van der Waals surface area contributed by atoms with Crippen LogP contribution in [0.4, 0.5) is 5.95 Å². The van der Waals surface area contributed by atoms with E-state index in [2.05, 4.69) is 19.8 Å². The molecule has 3 atom stereocenters. The van der Waals surface area contributed by atoms with Gasteiger partial charge >= 0.3 is 0 Å². The summed E-state index contributed by atoms with van der Waals surface area (Å²) >= 11 is 0. The summed E-state index contributed by atoms with van der Waals surface area (Å²) in [5.41, 5.74) is 0. The van der Waals surface area contributed by atoms with Crippen LogP contribution in [0.15, 0.2) is 12.3 Å². The van der Waals surface area contributed by atoms with Gasteiger partial charge in [0.15, 0.2) is 0 Å². The summed E-state index contributed by atoms with van der Waals surface area (Å²) in [6, 6.07) is 2.10. The molecule has 3 unspecified atom stereocenters. The zero-order chi connectivity index (χ0) is 13.2. The largest absolute Gasteiger partial charge is 0.481 e. The molecule has 6 nitrogen and oxygen atoms in total. The molecule has 0 aromatic carbocycles. The number of anilines is 1. The Bertz CT molecular complexity index is 442. The second kappa shape index (κ2) is 5.30. The van der Waals surface area contributed by atoms with Crippen molar-refractivity contribution >= 4 is 5.95 Å². The number of likely N-dealkylation sites (N-methyl/N-ethyl adjacent to an activating group) is 1. The SMILES string of the molecule is COc1ccnc(N(C)C2CCN3CCOC2C3)n1. The summed E-state index contributed by atoms with van der Waals surface area (Å²) in [6.45, 7) is 4.02. The van der Waals surface area contributed by atoms with Crippen molar-refractivity contribution in [3.05, 3.63) is 12.3 Å². The lowest BCUT2D eigenvalue weighted by atomic mass is 9.99. The summed E-state index contributed by atoms with van der Waals surface area (Å²) in [5, 5.41) is 0. The zero-order valence-corrected chi connectivity index (χ0v) is 11.5. The minimum atomic E-state index is 0.252. The van der Waals surface area contributed by atoms with E-state index in [1.807, 2.05) is 7.05 Å². The highest BCUT2D eigenvalue weighted by Gasteiger charge is 2.36. The molecular weight excluding hydrogens is 244 g/mol. The van der Waals surface area contributed by atoms with Crippen molar-refractivity contribution in [3.63, 3.8) is 0 Å². The normalized spacial score (nSPS) is 29.9. The van der Waals surface area contributed by atoms with Crippen molar-refractivity contribution in [1.29, 1.82) is 0 Å². The Balaban J connectivity index is 1.76. The first-order valence-electron chi connectivity index (χ1n) is 6.72. The molecule has 0 aliphatic carbocycles. The Labute approximate surface area is 113 Å². The quantitative estimate of drug-likeness (QED) is 0.787. The van der Waals surface area contributed by atoms with Gasteiger partial charge in [-0.25, -0.2) is 4.98 Å². The van der Waals surface area contributed by atoms with Gasteiger partial charge in [-0.05, 0) is 6.42 Å². The van der Waals surface area contributed by atoms with Gasteiger partial charge < -0.3 is 14.4 Å². The van der Waals surface area contributed by atoms with Crippen molar-refractivity contribution in [1.82, 2.24) is 14.9 Å². The maximum atomic E-state index is 5.89. The average Bonchev–Trinajstić information content (AvgIpc) is 2.47. The maximum Gasteiger partial charge on any atom is 0.228 e. The third-order valence-electron chi connectivity index (χ3n) is 3.99.